The number of nitrogens with one attached hydrogen (secondary N) is 1. The van der Waals surface area contributed by atoms with E-state index in [2.05, 4.69) is 10.4 Å². The fourth-order valence-corrected chi connectivity index (χ4v) is 2.89. The van der Waals surface area contributed by atoms with Crippen LogP contribution in [0.2, 0.25) is 0 Å². The third-order valence-corrected chi connectivity index (χ3v) is 4.02. The molecule has 1 aliphatic rings. The number of nitrogens with two attached hydrogens (primary N) is 1. The SMILES string of the molecule is Cc1cc(C(=O)N2CCCCC2CNC(=O)CCN)n(C)n1. The van der Waals surface area contributed by atoms with Gasteiger partial charge in [-0.05, 0) is 32.3 Å². The molecule has 122 valence electrons. The van der Waals surface area contributed by atoms with E-state index in [1.165, 1.54) is 0 Å². The molecule has 0 saturated carbocycles. The average Bonchev–Trinajstić information content (AvgIpc) is 2.84. The van der Waals surface area contributed by atoms with Crippen LogP contribution in [0.15, 0.2) is 6.07 Å². The number of carbonyl (C=O) groups is 2. The quantitative estimate of drug-likeness (QED) is 0.812. The molecule has 0 aromatic carbocycles. The van der Waals surface area contributed by atoms with E-state index >= 15 is 0 Å². The van der Waals surface area contributed by atoms with Gasteiger partial charge in [-0.3, -0.25) is 14.3 Å². The number of amides is 2. The van der Waals surface area contributed by atoms with Crippen molar-refractivity contribution >= 4 is 11.8 Å². The topological polar surface area (TPSA) is 93.3 Å². The molecule has 0 spiro atoms. The standard InChI is InChI=1S/C15H25N5O2/c1-11-9-13(19(2)18-11)15(22)20-8-4-3-5-12(20)10-17-14(21)6-7-16/h9,12H,3-8,10,16H2,1-2H3,(H,17,21). The van der Waals surface area contributed by atoms with Crippen molar-refractivity contribution in [3.63, 3.8) is 0 Å². The van der Waals surface area contributed by atoms with Gasteiger partial charge in [0, 0.05) is 39.1 Å². The Kier molecular flexibility index (Phi) is 5.54. The Bertz CT molecular complexity index is 540. The van der Waals surface area contributed by atoms with E-state index in [4.69, 9.17) is 5.73 Å². The highest BCUT2D eigenvalue weighted by Gasteiger charge is 2.29. The summed E-state index contributed by atoms with van der Waals surface area (Å²) in [6.07, 6.45) is 3.30. The minimum Gasteiger partial charge on any atom is -0.354 e. The lowest BCUT2D eigenvalue weighted by molar-refractivity contribution is -0.121. The number of aryl methyl sites for hydroxylation is 2. The van der Waals surface area contributed by atoms with Gasteiger partial charge in [0.2, 0.25) is 5.91 Å². The second kappa shape index (κ2) is 7.40. The number of hydrogen-bond donors (Lipinski definition) is 2. The number of rotatable bonds is 5. The van der Waals surface area contributed by atoms with Crippen molar-refractivity contribution in [1.29, 1.82) is 0 Å². The minimum atomic E-state index is -0.0585. The van der Waals surface area contributed by atoms with Gasteiger partial charge in [0.15, 0.2) is 0 Å². The molecule has 3 N–H and O–H groups in total. The first-order chi connectivity index (χ1) is 10.5. The van der Waals surface area contributed by atoms with E-state index in [-0.39, 0.29) is 17.9 Å². The lowest BCUT2D eigenvalue weighted by Crippen LogP contribution is -2.49. The van der Waals surface area contributed by atoms with Gasteiger partial charge in [-0.25, -0.2) is 0 Å². The van der Waals surface area contributed by atoms with Crippen LogP contribution in [0.1, 0.15) is 41.9 Å². The zero-order valence-corrected chi connectivity index (χ0v) is 13.3. The zero-order valence-electron chi connectivity index (χ0n) is 13.3. The molecule has 1 atom stereocenters. The van der Waals surface area contributed by atoms with Gasteiger partial charge in [-0.15, -0.1) is 0 Å². The Hall–Kier alpha value is -1.89. The third-order valence-electron chi connectivity index (χ3n) is 4.02. The first-order valence-corrected chi connectivity index (χ1v) is 7.81. The van der Waals surface area contributed by atoms with Gasteiger partial charge in [0.1, 0.15) is 5.69 Å². The van der Waals surface area contributed by atoms with Crippen LogP contribution in [0.5, 0.6) is 0 Å². The van der Waals surface area contributed by atoms with E-state index in [1.54, 1.807) is 17.8 Å². The first kappa shape index (κ1) is 16.5. The van der Waals surface area contributed by atoms with Gasteiger partial charge in [0.25, 0.3) is 5.91 Å². The fraction of sp³-hybridized carbons (Fsp3) is 0.667. The molecule has 22 heavy (non-hydrogen) atoms. The summed E-state index contributed by atoms with van der Waals surface area (Å²) in [4.78, 5) is 26.2. The molecule has 0 bridgehead atoms. The first-order valence-electron chi connectivity index (χ1n) is 7.81. The van der Waals surface area contributed by atoms with Crippen molar-refractivity contribution in [3.05, 3.63) is 17.5 Å². The molecular weight excluding hydrogens is 282 g/mol. The maximum atomic E-state index is 12.7. The van der Waals surface area contributed by atoms with Crippen LogP contribution >= 0.6 is 0 Å². The van der Waals surface area contributed by atoms with Crippen molar-refractivity contribution in [2.45, 2.75) is 38.6 Å². The number of likely N-dealkylation sites (tertiary alicyclic amines) is 1. The van der Waals surface area contributed by atoms with Crippen molar-refractivity contribution in [2.75, 3.05) is 19.6 Å². The summed E-state index contributed by atoms with van der Waals surface area (Å²) in [6.45, 7) is 3.42. The van der Waals surface area contributed by atoms with Crippen LogP contribution < -0.4 is 11.1 Å². The molecule has 1 saturated heterocycles. The Labute approximate surface area is 130 Å². The van der Waals surface area contributed by atoms with Crippen LogP contribution in [0.25, 0.3) is 0 Å². The summed E-state index contributed by atoms with van der Waals surface area (Å²) in [5.41, 5.74) is 6.80. The molecule has 0 aliphatic carbocycles. The summed E-state index contributed by atoms with van der Waals surface area (Å²) in [5, 5.41) is 7.11. The summed E-state index contributed by atoms with van der Waals surface area (Å²) in [7, 11) is 1.78. The number of nitrogens with zero attached hydrogens (tertiary/aromatic N) is 3. The van der Waals surface area contributed by atoms with Crippen LogP contribution in [0.4, 0.5) is 0 Å². The Morgan fingerprint density at radius 1 is 1.45 bits per heavy atom. The summed E-state index contributed by atoms with van der Waals surface area (Å²) in [5.74, 6) is -0.0716. The number of aromatic nitrogens is 2. The lowest BCUT2D eigenvalue weighted by atomic mass is 10.0. The Balaban J connectivity index is 2.04. The van der Waals surface area contributed by atoms with E-state index in [1.807, 2.05) is 11.8 Å². The molecule has 1 unspecified atom stereocenters. The molecule has 2 rings (SSSR count). The second-order valence-corrected chi connectivity index (χ2v) is 5.79. The van der Waals surface area contributed by atoms with E-state index < -0.39 is 0 Å². The lowest BCUT2D eigenvalue weighted by Gasteiger charge is -2.35. The maximum absolute atomic E-state index is 12.7. The summed E-state index contributed by atoms with van der Waals surface area (Å²) in [6, 6.07) is 1.85. The van der Waals surface area contributed by atoms with Crippen molar-refractivity contribution < 1.29 is 9.59 Å². The highest BCUT2D eigenvalue weighted by Crippen LogP contribution is 2.19. The van der Waals surface area contributed by atoms with Crippen molar-refractivity contribution in [1.82, 2.24) is 20.0 Å². The van der Waals surface area contributed by atoms with Crippen LogP contribution in [-0.4, -0.2) is 52.2 Å². The van der Waals surface area contributed by atoms with E-state index in [0.717, 1.165) is 31.5 Å². The largest absolute Gasteiger partial charge is 0.354 e. The molecule has 2 heterocycles. The van der Waals surface area contributed by atoms with Crippen molar-refractivity contribution in [2.24, 2.45) is 12.8 Å². The van der Waals surface area contributed by atoms with Crippen LogP contribution in [0, 0.1) is 6.92 Å². The van der Waals surface area contributed by atoms with Crippen LogP contribution in [0.3, 0.4) is 0 Å². The molecular formula is C15H25N5O2. The Morgan fingerprint density at radius 2 is 2.23 bits per heavy atom. The predicted molar refractivity (Wildman–Crippen MR) is 83.3 cm³/mol. The average molecular weight is 307 g/mol. The molecule has 7 nitrogen and oxygen atoms in total. The van der Waals surface area contributed by atoms with Gasteiger partial charge in [0.05, 0.1) is 5.69 Å². The fourth-order valence-electron chi connectivity index (χ4n) is 2.89. The summed E-state index contributed by atoms with van der Waals surface area (Å²) >= 11 is 0. The maximum Gasteiger partial charge on any atom is 0.272 e. The van der Waals surface area contributed by atoms with Gasteiger partial charge >= 0.3 is 0 Å². The number of piperidine rings is 1. The molecule has 7 heteroatoms. The van der Waals surface area contributed by atoms with Gasteiger partial charge in [-0.2, -0.15) is 5.10 Å². The second-order valence-electron chi connectivity index (χ2n) is 5.79. The molecule has 1 aliphatic heterocycles. The van der Waals surface area contributed by atoms with Gasteiger partial charge in [-0.1, -0.05) is 0 Å². The highest BCUT2D eigenvalue weighted by atomic mass is 16.2. The molecule has 2 amide bonds. The molecule has 1 aromatic heterocycles. The van der Waals surface area contributed by atoms with E-state index in [0.29, 0.717) is 25.2 Å². The Morgan fingerprint density at radius 3 is 2.86 bits per heavy atom. The monoisotopic (exact) mass is 307 g/mol. The van der Waals surface area contributed by atoms with E-state index in [9.17, 15) is 9.59 Å². The molecule has 0 radical (unpaired) electrons. The number of hydrogen-bond acceptors (Lipinski definition) is 4. The minimum absolute atomic E-state index is 0.0131. The highest BCUT2D eigenvalue weighted by molar-refractivity contribution is 5.93. The van der Waals surface area contributed by atoms with Crippen LogP contribution in [-0.2, 0) is 11.8 Å². The molecule has 1 fully saturated rings. The normalized spacial score (nSPS) is 18.3. The van der Waals surface area contributed by atoms with Crippen molar-refractivity contribution in [3.8, 4) is 0 Å². The van der Waals surface area contributed by atoms with Gasteiger partial charge < -0.3 is 16.0 Å². The number of carbonyl (C=O) groups excluding carboxylic acids is 2. The smallest absolute Gasteiger partial charge is 0.272 e. The predicted octanol–water partition coefficient (Wildman–Crippen LogP) is 0.188. The third kappa shape index (κ3) is 3.85. The summed E-state index contributed by atoms with van der Waals surface area (Å²) < 4.78 is 1.62. The molecule has 1 aromatic rings. The zero-order chi connectivity index (χ0) is 16.1.